The summed E-state index contributed by atoms with van der Waals surface area (Å²) in [4.78, 5) is 13.3. The summed E-state index contributed by atoms with van der Waals surface area (Å²) in [5.74, 6) is 0.489. The summed E-state index contributed by atoms with van der Waals surface area (Å²) >= 11 is 0. The van der Waals surface area contributed by atoms with Gasteiger partial charge in [0.2, 0.25) is 5.88 Å². The predicted octanol–water partition coefficient (Wildman–Crippen LogP) is 1.88. The number of pyridine rings is 1. The maximum atomic E-state index is 5.93. The van der Waals surface area contributed by atoms with E-state index in [-0.39, 0.29) is 0 Å². The third kappa shape index (κ3) is 2.24. The van der Waals surface area contributed by atoms with Crippen molar-refractivity contribution in [3.05, 3.63) is 48.8 Å². The predicted molar refractivity (Wildman–Crippen MR) is 89.0 cm³/mol. The van der Waals surface area contributed by atoms with Crippen LogP contribution in [0, 0.1) is 6.92 Å². The molecule has 0 aliphatic carbocycles. The Balaban J connectivity index is 1.82. The fourth-order valence-corrected chi connectivity index (χ4v) is 2.51. The van der Waals surface area contributed by atoms with Crippen LogP contribution in [0.5, 0.6) is 5.88 Å². The molecule has 0 unspecified atom stereocenters. The number of hydrogen-bond donors (Lipinski definition) is 1. The standard InChI is InChI=1S/C16H15N7O/c1-10-7-22(9-18-10)14-4-3-12(21-16(14)24-2)13-8-23-15(20-13)11(17)5-6-19-23/h3-9H,17H2,1-2H3. The van der Waals surface area contributed by atoms with Gasteiger partial charge in [-0.2, -0.15) is 5.10 Å². The molecule has 4 rings (SSSR count). The summed E-state index contributed by atoms with van der Waals surface area (Å²) in [6, 6.07) is 5.51. The van der Waals surface area contributed by atoms with E-state index in [1.54, 1.807) is 36.4 Å². The van der Waals surface area contributed by atoms with Crippen molar-refractivity contribution >= 4 is 11.3 Å². The minimum absolute atomic E-state index is 0.489. The molecule has 0 bridgehead atoms. The van der Waals surface area contributed by atoms with Crippen LogP contribution in [0.25, 0.3) is 22.7 Å². The zero-order valence-corrected chi connectivity index (χ0v) is 13.2. The molecule has 0 amide bonds. The van der Waals surface area contributed by atoms with Crippen LogP contribution in [0.3, 0.4) is 0 Å². The van der Waals surface area contributed by atoms with Gasteiger partial charge in [-0.1, -0.05) is 0 Å². The molecule has 4 aromatic heterocycles. The fraction of sp³-hybridized carbons (Fsp3) is 0.125. The maximum absolute atomic E-state index is 5.93. The molecular weight excluding hydrogens is 306 g/mol. The van der Waals surface area contributed by atoms with Crippen molar-refractivity contribution in [1.82, 2.24) is 29.1 Å². The first kappa shape index (κ1) is 14.2. The van der Waals surface area contributed by atoms with E-state index in [1.165, 1.54) is 0 Å². The third-order valence-electron chi connectivity index (χ3n) is 3.68. The maximum Gasteiger partial charge on any atom is 0.238 e. The number of rotatable bonds is 3. The van der Waals surface area contributed by atoms with Crippen LogP contribution in [0.4, 0.5) is 5.69 Å². The SMILES string of the molecule is COc1nc(-c2cn3nccc(N)c3n2)ccc1-n1cnc(C)c1. The second kappa shape index (κ2) is 5.34. The monoisotopic (exact) mass is 321 g/mol. The normalized spacial score (nSPS) is 11.1. The lowest BCUT2D eigenvalue weighted by Gasteiger charge is -2.09. The molecule has 8 nitrogen and oxygen atoms in total. The van der Waals surface area contributed by atoms with Gasteiger partial charge in [0, 0.05) is 6.20 Å². The largest absolute Gasteiger partial charge is 0.479 e. The Hall–Kier alpha value is -3.42. The number of aryl methyl sites for hydroxylation is 1. The molecule has 0 aliphatic heterocycles. The van der Waals surface area contributed by atoms with E-state index in [2.05, 4.69) is 20.1 Å². The highest BCUT2D eigenvalue weighted by atomic mass is 16.5. The molecule has 0 atom stereocenters. The molecule has 120 valence electrons. The minimum Gasteiger partial charge on any atom is -0.479 e. The summed E-state index contributed by atoms with van der Waals surface area (Å²) in [5.41, 5.74) is 10.2. The molecule has 0 saturated carbocycles. The van der Waals surface area contributed by atoms with Gasteiger partial charge in [-0.05, 0) is 25.1 Å². The Labute approximate surface area is 137 Å². The van der Waals surface area contributed by atoms with Gasteiger partial charge in [-0.3, -0.25) is 0 Å². The highest BCUT2D eigenvalue weighted by Gasteiger charge is 2.13. The van der Waals surface area contributed by atoms with Gasteiger partial charge in [0.15, 0.2) is 5.65 Å². The molecule has 0 spiro atoms. The molecule has 24 heavy (non-hydrogen) atoms. The number of hydrogen-bond acceptors (Lipinski definition) is 6. The van der Waals surface area contributed by atoms with Crippen molar-refractivity contribution in [2.24, 2.45) is 0 Å². The fourth-order valence-electron chi connectivity index (χ4n) is 2.51. The van der Waals surface area contributed by atoms with Crippen LogP contribution in [0.2, 0.25) is 0 Å². The van der Waals surface area contributed by atoms with E-state index in [0.717, 1.165) is 11.4 Å². The van der Waals surface area contributed by atoms with Crippen molar-refractivity contribution in [2.75, 3.05) is 12.8 Å². The zero-order valence-electron chi connectivity index (χ0n) is 13.2. The van der Waals surface area contributed by atoms with E-state index in [0.29, 0.717) is 28.6 Å². The number of methoxy groups -OCH3 is 1. The number of nitrogen functional groups attached to an aromatic ring is 1. The molecule has 8 heteroatoms. The number of fused-ring (bicyclic) bond motifs is 1. The quantitative estimate of drug-likeness (QED) is 0.619. The summed E-state index contributed by atoms with van der Waals surface area (Å²) in [7, 11) is 1.59. The highest BCUT2D eigenvalue weighted by molar-refractivity contribution is 5.69. The van der Waals surface area contributed by atoms with Crippen LogP contribution in [-0.2, 0) is 0 Å². The van der Waals surface area contributed by atoms with Crippen molar-refractivity contribution in [2.45, 2.75) is 6.92 Å². The van der Waals surface area contributed by atoms with Gasteiger partial charge >= 0.3 is 0 Å². The Bertz CT molecular complexity index is 1030. The van der Waals surface area contributed by atoms with Crippen molar-refractivity contribution in [3.8, 4) is 23.0 Å². The molecular formula is C16H15N7O. The lowest BCUT2D eigenvalue weighted by Crippen LogP contribution is -1.99. The van der Waals surface area contributed by atoms with Gasteiger partial charge in [-0.25, -0.2) is 19.5 Å². The zero-order chi connectivity index (χ0) is 16.7. The molecule has 0 saturated heterocycles. The van der Waals surface area contributed by atoms with E-state index >= 15 is 0 Å². The van der Waals surface area contributed by atoms with E-state index in [4.69, 9.17) is 10.5 Å². The van der Waals surface area contributed by atoms with E-state index in [9.17, 15) is 0 Å². The average molecular weight is 321 g/mol. The first-order chi connectivity index (χ1) is 11.7. The van der Waals surface area contributed by atoms with Gasteiger partial charge in [0.05, 0.1) is 42.9 Å². The second-order valence-corrected chi connectivity index (χ2v) is 5.33. The molecule has 0 fully saturated rings. The number of ether oxygens (including phenoxy) is 1. The lowest BCUT2D eigenvalue weighted by molar-refractivity contribution is 0.396. The van der Waals surface area contributed by atoms with Crippen LogP contribution in [0.15, 0.2) is 43.1 Å². The van der Waals surface area contributed by atoms with Crippen LogP contribution in [-0.4, -0.2) is 36.2 Å². The first-order valence-corrected chi connectivity index (χ1v) is 7.32. The van der Waals surface area contributed by atoms with Gasteiger partial charge in [-0.15, -0.1) is 0 Å². The summed E-state index contributed by atoms with van der Waals surface area (Å²) in [6.45, 7) is 1.93. The minimum atomic E-state index is 0.489. The number of aromatic nitrogens is 6. The first-order valence-electron chi connectivity index (χ1n) is 7.32. The van der Waals surface area contributed by atoms with Crippen LogP contribution >= 0.6 is 0 Å². The molecule has 0 radical (unpaired) electrons. The third-order valence-corrected chi connectivity index (χ3v) is 3.68. The summed E-state index contributed by atoms with van der Waals surface area (Å²) in [5, 5.41) is 4.20. The molecule has 0 aliphatic rings. The number of anilines is 1. The van der Waals surface area contributed by atoms with Gasteiger partial charge < -0.3 is 15.0 Å². The van der Waals surface area contributed by atoms with Crippen molar-refractivity contribution < 1.29 is 4.74 Å². The van der Waals surface area contributed by atoms with Gasteiger partial charge in [0.1, 0.15) is 11.4 Å². The topological polar surface area (TPSA) is 96.1 Å². The summed E-state index contributed by atoms with van der Waals surface area (Å²) in [6.07, 6.45) is 7.06. The Morgan fingerprint density at radius 3 is 2.67 bits per heavy atom. The smallest absolute Gasteiger partial charge is 0.238 e. The van der Waals surface area contributed by atoms with E-state index < -0.39 is 0 Å². The van der Waals surface area contributed by atoms with Gasteiger partial charge in [0.25, 0.3) is 0 Å². The number of nitrogens with two attached hydrogens (primary N) is 1. The number of imidazole rings is 2. The molecule has 4 aromatic rings. The summed E-state index contributed by atoms with van der Waals surface area (Å²) < 4.78 is 8.93. The van der Waals surface area contributed by atoms with Crippen molar-refractivity contribution in [1.29, 1.82) is 0 Å². The molecule has 2 N–H and O–H groups in total. The average Bonchev–Trinajstić information content (AvgIpc) is 3.21. The Kier molecular flexibility index (Phi) is 3.16. The molecule has 4 heterocycles. The number of nitrogens with zero attached hydrogens (tertiary/aromatic N) is 6. The highest BCUT2D eigenvalue weighted by Crippen LogP contribution is 2.26. The van der Waals surface area contributed by atoms with Crippen LogP contribution < -0.4 is 10.5 Å². The Morgan fingerprint density at radius 1 is 1.08 bits per heavy atom. The van der Waals surface area contributed by atoms with E-state index in [1.807, 2.05) is 29.8 Å². The second-order valence-electron chi connectivity index (χ2n) is 5.33. The lowest BCUT2D eigenvalue weighted by atomic mass is 10.2. The van der Waals surface area contributed by atoms with Crippen molar-refractivity contribution in [3.63, 3.8) is 0 Å². The Morgan fingerprint density at radius 2 is 1.96 bits per heavy atom. The van der Waals surface area contributed by atoms with Crippen LogP contribution in [0.1, 0.15) is 5.69 Å². The molecule has 0 aromatic carbocycles.